The van der Waals surface area contributed by atoms with E-state index in [1.807, 2.05) is 12.3 Å². The van der Waals surface area contributed by atoms with Gasteiger partial charge in [0.1, 0.15) is 25.4 Å². The summed E-state index contributed by atoms with van der Waals surface area (Å²) in [6.07, 6.45) is 8.28. The summed E-state index contributed by atoms with van der Waals surface area (Å²) >= 11 is 6.71. The monoisotopic (exact) mass is 541 g/mol. The Kier molecular flexibility index (Phi) is 6.65. The lowest BCUT2D eigenvalue weighted by molar-refractivity contribution is 0.116. The summed E-state index contributed by atoms with van der Waals surface area (Å²) in [5.41, 5.74) is 1.63. The van der Waals surface area contributed by atoms with Crippen LogP contribution in [0, 0.1) is 17.1 Å². The molecule has 2 fully saturated rings. The third-order valence-corrected chi connectivity index (χ3v) is 7.87. The Morgan fingerprint density at radius 2 is 1.92 bits per heavy atom. The van der Waals surface area contributed by atoms with Crippen molar-refractivity contribution in [3.8, 4) is 6.07 Å². The molecule has 2 aromatic heterocycles. The average Bonchev–Trinajstić information content (AvgIpc) is 3.66. The molecule has 2 aliphatic carbocycles. The minimum atomic E-state index is -1.37. The predicted octanol–water partition coefficient (Wildman–Crippen LogP) is 5.02. The van der Waals surface area contributed by atoms with Crippen LogP contribution in [0.4, 0.5) is 15.8 Å². The van der Waals surface area contributed by atoms with E-state index >= 15 is 0 Å². The molecule has 0 aliphatic heterocycles. The summed E-state index contributed by atoms with van der Waals surface area (Å²) in [6, 6.07) is 11.7. The number of aliphatic hydroxyl groups is 1. The molecule has 2 aliphatic rings. The fourth-order valence-corrected chi connectivity index (χ4v) is 5.50. The Morgan fingerprint density at radius 3 is 2.64 bits per heavy atom. The number of fused-ring (bicyclic) bond motifs is 1. The molecular formula is C28H26BClFN7O. The molecule has 3 atom stereocenters. The zero-order valence-electron chi connectivity index (χ0n) is 21.1. The van der Waals surface area contributed by atoms with Crippen molar-refractivity contribution in [1.82, 2.24) is 20.0 Å². The molecule has 0 spiro atoms. The van der Waals surface area contributed by atoms with Crippen molar-refractivity contribution < 1.29 is 9.50 Å². The maximum atomic E-state index is 13.8. The Labute approximate surface area is 231 Å². The summed E-state index contributed by atoms with van der Waals surface area (Å²) < 4.78 is 15.6. The fraction of sp³-hybridized carbons (Fsp3) is 0.357. The number of nitrogens with zero attached hydrogens (tertiary/aromatic N) is 5. The van der Waals surface area contributed by atoms with Crippen molar-refractivity contribution in [2.24, 2.45) is 0 Å². The van der Waals surface area contributed by atoms with Crippen LogP contribution in [0.2, 0.25) is 5.02 Å². The number of rotatable bonds is 7. The van der Waals surface area contributed by atoms with Gasteiger partial charge < -0.3 is 15.7 Å². The van der Waals surface area contributed by atoms with Gasteiger partial charge in [0.15, 0.2) is 0 Å². The molecule has 0 saturated heterocycles. The molecule has 8 nitrogen and oxygen atoms in total. The molecule has 0 amide bonds. The largest absolute Gasteiger partial charge is 0.391 e. The van der Waals surface area contributed by atoms with E-state index in [0.29, 0.717) is 56.6 Å². The molecule has 196 valence electrons. The number of aromatic nitrogens is 4. The quantitative estimate of drug-likeness (QED) is 0.282. The number of hydrogen-bond donors (Lipinski definition) is 3. The van der Waals surface area contributed by atoms with E-state index in [-0.39, 0.29) is 11.9 Å². The number of halogens is 2. The molecule has 4 aromatic rings. The lowest BCUT2D eigenvalue weighted by Crippen LogP contribution is -2.38. The zero-order valence-corrected chi connectivity index (χ0v) is 21.9. The van der Waals surface area contributed by atoms with Gasteiger partial charge in [-0.3, -0.25) is 4.98 Å². The van der Waals surface area contributed by atoms with Gasteiger partial charge in [-0.15, -0.1) is 5.10 Å². The van der Waals surface area contributed by atoms with Crippen LogP contribution in [-0.4, -0.2) is 45.1 Å². The highest BCUT2D eigenvalue weighted by Gasteiger charge is 2.34. The molecule has 11 heteroatoms. The number of aliphatic hydroxyl groups excluding tert-OH is 1. The smallest absolute Gasteiger partial charge is 0.123 e. The van der Waals surface area contributed by atoms with Gasteiger partial charge in [-0.25, -0.2) is 9.07 Å². The fourth-order valence-electron chi connectivity index (χ4n) is 5.24. The molecule has 2 aromatic carbocycles. The zero-order chi connectivity index (χ0) is 27.1. The van der Waals surface area contributed by atoms with Crippen molar-refractivity contribution in [1.29, 1.82) is 5.26 Å². The second-order valence-corrected chi connectivity index (χ2v) is 10.8. The van der Waals surface area contributed by atoms with Gasteiger partial charge in [0.25, 0.3) is 0 Å². The Bertz CT molecular complexity index is 1570. The van der Waals surface area contributed by atoms with Crippen molar-refractivity contribution >= 4 is 41.7 Å². The standard InChI is InChI=1S/C28H26BClFN7O/c29-28(17-5-7-18(31)8-6-17,25-15-38(37-36-25)20-9-10-20)35-19-11-21-26(34-23-3-1-2-4-24(23)39)16(13-32)14-33-27(21)22(30)12-19/h5-8,11-12,14-15,20,23-24,35,39H,1-4,9-10H2,(H,33,34)/t23-,24-,28?/m0/s1. The first-order chi connectivity index (χ1) is 18.9. The van der Waals surface area contributed by atoms with Gasteiger partial charge in [0.2, 0.25) is 0 Å². The van der Waals surface area contributed by atoms with Gasteiger partial charge in [-0.2, -0.15) is 5.26 Å². The number of hydrogen-bond acceptors (Lipinski definition) is 7. The van der Waals surface area contributed by atoms with E-state index in [1.54, 1.807) is 22.9 Å². The van der Waals surface area contributed by atoms with Gasteiger partial charge in [0, 0.05) is 17.3 Å². The van der Waals surface area contributed by atoms with E-state index in [2.05, 4.69) is 32.0 Å². The Hall–Kier alpha value is -3.68. The van der Waals surface area contributed by atoms with E-state index < -0.39 is 11.5 Å². The number of benzene rings is 2. The van der Waals surface area contributed by atoms with Gasteiger partial charge in [-0.05, 0) is 55.5 Å². The minimum Gasteiger partial charge on any atom is -0.391 e. The maximum Gasteiger partial charge on any atom is 0.123 e. The molecule has 0 bridgehead atoms. The second kappa shape index (κ2) is 10.1. The van der Waals surface area contributed by atoms with E-state index in [0.717, 1.165) is 32.1 Å². The summed E-state index contributed by atoms with van der Waals surface area (Å²) in [5.74, 6) is -0.382. The van der Waals surface area contributed by atoms with E-state index in [4.69, 9.17) is 19.4 Å². The first-order valence-corrected chi connectivity index (χ1v) is 13.5. The summed E-state index contributed by atoms with van der Waals surface area (Å²) in [7, 11) is 7.00. The number of pyridine rings is 1. The van der Waals surface area contributed by atoms with Crippen LogP contribution in [0.5, 0.6) is 0 Å². The van der Waals surface area contributed by atoms with Crippen molar-refractivity contribution in [3.63, 3.8) is 0 Å². The summed E-state index contributed by atoms with van der Waals surface area (Å²) in [4.78, 5) is 4.43. The maximum absolute atomic E-state index is 13.8. The molecule has 2 heterocycles. The highest BCUT2D eigenvalue weighted by molar-refractivity contribution is 6.36. The van der Waals surface area contributed by atoms with Crippen LogP contribution in [0.1, 0.15) is 61.4 Å². The lowest BCUT2D eigenvalue weighted by Gasteiger charge is -2.32. The molecule has 3 N–H and O–H groups in total. The van der Waals surface area contributed by atoms with Crippen LogP contribution in [0.15, 0.2) is 48.8 Å². The van der Waals surface area contributed by atoms with Crippen molar-refractivity contribution in [2.45, 2.75) is 62.2 Å². The number of nitrogens with one attached hydrogen (secondary N) is 2. The van der Waals surface area contributed by atoms with E-state index in [1.165, 1.54) is 18.3 Å². The summed E-state index contributed by atoms with van der Waals surface area (Å²) in [6.45, 7) is 0. The highest BCUT2D eigenvalue weighted by Crippen LogP contribution is 2.39. The molecule has 39 heavy (non-hydrogen) atoms. The Morgan fingerprint density at radius 1 is 1.15 bits per heavy atom. The normalized spacial score (nSPS) is 20.8. The third-order valence-electron chi connectivity index (χ3n) is 7.58. The molecule has 6 rings (SSSR count). The minimum absolute atomic E-state index is 0.197. The van der Waals surface area contributed by atoms with Crippen molar-refractivity contribution in [2.75, 3.05) is 10.6 Å². The molecule has 2 radical (unpaired) electrons. The molecule has 1 unspecified atom stereocenters. The molecule has 2 saturated carbocycles. The predicted molar refractivity (Wildman–Crippen MR) is 148 cm³/mol. The van der Waals surface area contributed by atoms with Crippen molar-refractivity contribution in [3.05, 3.63) is 76.5 Å². The number of anilines is 2. The van der Waals surface area contributed by atoms with Gasteiger partial charge in [-0.1, -0.05) is 41.8 Å². The van der Waals surface area contributed by atoms with Gasteiger partial charge in [0.05, 0.1) is 51.6 Å². The second-order valence-electron chi connectivity index (χ2n) is 10.4. The van der Waals surface area contributed by atoms with Crippen LogP contribution in [-0.2, 0) is 5.44 Å². The van der Waals surface area contributed by atoms with Crippen LogP contribution in [0.25, 0.3) is 10.9 Å². The van der Waals surface area contributed by atoms with E-state index in [9.17, 15) is 14.8 Å². The third kappa shape index (κ3) is 4.93. The van der Waals surface area contributed by atoms with Crippen LogP contribution in [0.3, 0.4) is 0 Å². The lowest BCUT2D eigenvalue weighted by atomic mass is 9.69. The van der Waals surface area contributed by atoms with Crippen LogP contribution >= 0.6 is 11.6 Å². The molecular weight excluding hydrogens is 516 g/mol. The first-order valence-electron chi connectivity index (χ1n) is 13.1. The number of nitriles is 1. The van der Waals surface area contributed by atoms with Gasteiger partial charge >= 0.3 is 0 Å². The topological polar surface area (TPSA) is 112 Å². The SMILES string of the molecule is [B]C(Nc1cc(Cl)c2ncc(C#N)c(N[C@H]3CCCC[C@@H]3O)c2c1)(c1ccc(F)cc1)c1cn(C2CC2)nn1. The highest BCUT2D eigenvalue weighted by atomic mass is 35.5. The first kappa shape index (κ1) is 25.6. The Balaban J connectivity index is 1.45. The summed E-state index contributed by atoms with van der Waals surface area (Å²) in [5, 5.41) is 36.8. The van der Waals surface area contributed by atoms with Crippen LogP contribution < -0.4 is 10.6 Å². The average molecular weight is 542 g/mol.